The van der Waals surface area contributed by atoms with Crippen LogP contribution in [-0.4, -0.2) is 42.4 Å². The van der Waals surface area contributed by atoms with E-state index in [2.05, 4.69) is 5.32 Å². The van der Waals surface area contributed by atoms with Gasteiger partial charge in [0, 0.05) is 36.8 Å². The summed E-state index contributed by atoms with van der Waals surface area (Å²) in [7, 11) is 0. The van der Waals surface area contributed by atoms with Crippen molar-refractivity contribution in [1.29, 1.82) is 0 Å². The van der Waals surface area contributed by atoms with Gasteiger partial charge in [-0.1, -0.05) is 23.2 Å². The molecule has 0 radical (unpaired) electrons. The molecular weight excluding hydrogens is 387 g/mol. The summed E-state index contributed by atoms with van der Waals surface area (Å²) in [6.45, 7) is 1.36. The summed E-state index contributed by atoms with van der Waals surface area (Å²) in [6, 6.07) is 0.345. The van der Waals surface area contributed by atoms with E-state index >= 15 is 0 Å². The Morgan fingerprint density at radius 1 is 1.14 bits per heavy atom. The minimum Gasteiger partial charge on any atom is -0.507 e. The minimum atomic E-state index is -4.54. The van der Waals surface area contributed by atoms with E-state index in [0.717, 1.165) is 6.07 Å². The SMILES string of the molecule is Cl.Cl.Oc1cc(Cl)cc(Cl)c1[C@H](N1CCNCC1)C(F)(F)F. The lowest BCUT2D eigenvalue weighted by Crippen LogP contribution is -2.49. The van der Waals surface area contributed by atoms with Gasteiger partial charge in [0.2, 0.25) is 0 Å². The van der Waals surface area contributed by atoms with Crippen molar-refractivity contribution in [3.63, 3.8) is 0 Å². The predicted octanol–water partition coefficient (Wildman–Crippen LogP) is 4.05. The molecule has 128 valence electrons. The van der Waals surface area contributed by atoms with Crippen molar-refractivity contribution in [2.24, 2.45) is 0 Å². The van der Waals surface area contributed by atoms with Gasteiger partial charge in [0.1, 0.15) is 11.8 Å². The second-order valence-electron chi connectivity index (χ2n) is 4.55. The van der Waals surface area contributed by atoms with Crippen molar-refractivity contribution in [1.82, 2.24) is 10.2 Å². The Morgan fingerprint density at radius 2 is 1.68 bits per heavy atom. The van der Waals surface area contributed by atoms with E-state index in [-0.39, 0.29) is 53.5 Å². The van der Waals surface area contributed by atoms with Crippen LogP contribution in [0.1, 0.15) is 11.6 Å². The van der Waals surface area contributed by atoms with E-state index in [1.807, 2.05) is 0 Å². The number of hydrogen-bond donors (Lipinski definition) is 2. The molecule has 0 aliphatic carbocycles. The Balaban J connectivity index is 0.00000220. The van der Waals surface area contributed by atoms with E-state index in [9.17, 15) is 18.3 Å². The molecule has 2 rings (SSSR count). The highest BCUT2D eigenvalue weighted by Gasteiger charge is 2.47. The third-order valence-electron chi connectivity index (χ3n) is 3.17. The van der Waals surface area contributed by atoms with Crippen molar-refractivity contribution in [2.75, 3.05) is 26.2 Å². The Labute approximate surface area is 148 Å². The Morgan fingerprint density at radius 3 is 2.14 bits per heavy atom. The molecule has 1 aromatic rings. The lowest BCUT2D eigenvalue weighted by Gasteiger charge is -2.36. The van der Waals surface area contributed by atoms with Gasteiger partial charge in [-0.2, -0.15) is 13.2 Å². The summed E-state index contributed by atoms with van der Waals surface area (Å²) in [5.74, 6) is -0.539. The number of rotatable bonds is 2. The first kappa shape index (κ1) is 21.9. The maximum Gasteiger partial charge on any atom is 0.408 e. The van der Waals surface area contributed by atoms with E-state index in [1.54, 1.807) is 0 Å². The Bertz CT molecular complexity index is 473. The summed E-state index contributed by atoms with van der Waals surface area (Å²) in [4.78, 5) is 1.26. The molecule has 0 spiro atoms. The molecule has 1 aromatic carbocycles. The number of nitrogens with zero attached hydrogens (tertiary/aromatic N) is 1. The molecule has 1 heterocycles. The van der Waals surface area contributed by atoms with Gasteiger partial charge in [-0.15, -0.1) is 24.8 Å². The van der Waals surface area contributed by atoms with Crippen LogP contribution in [0.2, 0.25) is 10.0 Å². The number of hydrogen-bond acceptors (Lipinski definition) is 3. The zero-order chi connectivity index (χ0) is 14.9. The maximum absolute atomic E-state index is 13.4. The van der Waals surface area contributed by atoms with E-state index in [1.165, 1.54) is 11.0 Å². The van der Waals surface area contributed by atoms with E-state index in [0.29, 0.717) is 13.1 Å². The van der Waals surface area contributed by atoms with E-state index in [4.69, 9.17) is 23.2 Å². The highest BCUT2D eigenvalue weighted by atomic mass is 35.5. The van der Waals surface area contributed by atoms with Crippen LogP contribution in [-0.2, 0) is 0 Å². The van der Waals surface area contributed by atoms with Gasteiger partial charge in [0.05, 0.1) is 5.02 Å². The number of piperazine rings is 1. The molecule has 0 unspecified atom stereocenters. The molecule has 0 amide bonds. The van der Waals surface area contributed by atoms with Crippen LogP contribution < -0.4 is 5.32 Å². The molecule has 0 bridgehead atoms. The first-order chi connectivity index (χ1) is 9.30. The second-order valence-corrected chi connectivity index (χ2v) is 5.39. The molecule has 22 heavy (non-hydrogen) atoms. The number of halogens is 7. The van der Waals surface area contributed by atoms with E-state index < -0.39 is 18.0 Å². The molecule has 1 aliphatic heterocycles. The molecular formula is C12H15Cl4F3N2O. The fraction of sp³-hybridized carbons (Fsp3) is 0.500. The molecule has 10 heteroatoms. The Kier molecular flexibility index (Phi) is 8.62. The van der Waals surface area contributed by atoms with Crippen LogP contribution in [0.3, 0.4) is 0 Å². The van der Waals surface area contributed by atoms with Crippen LogP contribution in [0.25, 0.3) is 0 Å². The van der Waals surface area contributed by atoms with Gasteiger partial charge in [0.15, 0.2) is 0 Å². The first-order valence-corrected chi connectivity index (χ1v) is 6.75. The summed E-state index contributed by atoms with van der Waals surface area (Å²) in [6.07, 6.45) is -4.54. The third-order valence-corrected chi connectivity index (χ3v) is 3.70. The zero-order valence-electron chi connectivity index (χ0n) is 11.2. The zero-order valence-corrected chi connectivity index (χ0v) is 14.3. The molecule has 1 aliphatic rings. The number of alkyl halides is 3. The van der Waals surface area contributed by atoms with Crippen molar-refractivity contribution >= 4 is 48.0 Å². The number of phenols is 1. The summed E-state index contributed by atoms with van der Waals surface area (Å²) >= 11 is 11.5. The minimum absolute atomic E-state index is 0. The molecule has 0 saturated carbocycles. The standard InChI is InChI=1S/C12H13Cl2F3N2O.2ClH/c13-7-5-8(14)10(9(20)6-7)11(12(15,16)17)19-3-1-18-2-4-19;;/h5-6,11,18,20H,1-4H2;2*1H/t11-;;/m0../s1. The monoisotopic (exact) mass is 400 g/mol. The third kappa shape index (κ3) is 4.94. The average Bonchev–Trinajstić information content (AvgIpc) is 2.33. The Hall–Kier alpha value is -0.110. The number of aromatic hydroxyl groups is 1. The van der Waals surface area contributed by atoms with Crippen LogP contribution in [0.15, 0.2) is 12.1 Å². The van der Waals surface area contributed by atoms with Crippen molar-refractivity contribution in [3.05, 3.63) is 27.7 Å². The maximum atomic E-state index is 13.4. The van der Waals surface area contributed by atoms with Crippen molar-refractivity contribution in [2.45, 2.75) is 12.2 Å². The summed E-state index contributed by atoms with van der Waals surface area (Å²) < 4.78 is 40.2. The fourth-order valence-electron chi connectivity index (χ4n) is 2.34. The van der Waals surface area contributed by atoms with Gasteiger partial charge in [-0.3, -0.25) is 4.90 Å². The van der Waals surface area contributed by atoms with Gasteiger partial charge in [0.25, 0.3) is 0 Å². The van der Waals surface area contributed by atoms with Crippen LogP contribution in [0.4, 0.5) is 13.2 Å². The van der Waals surface area contributed by atoms with Crippen LogP contribution in [0.5, 0.6) is 5.75 Å². The molecule has 1 atom stereocenters. The summed E-state index contributed by atoms with van der Waals surface area (Å²) in [5, 5.41) is 12.7. The fourth-order valence-corrected chi connectivity index (χ4v) is 2.92. The highest BCUT2D eigenvalue weighted by Crippen LogP contribution is 2.45. The highest BCUT2D eigenvalue weighted by molar-refractivity contribution is 6.35. The molecule has 1 fully saturated rings. The predicted molar refractivity (Wildman–Crippen MR) is 85.9 cm³/mol. The average molecular weight is 402 g/mol. The molecule has 1 saturated heterocycles. The number of phenolic OH excluding ortho intramolecular Hbond substituents is 1. The molecule has 0 aromatic heterocycles. The number of benzene rings is 1. The van der Waals surface area contributed by atoms with Crippen LogP contribution in [0, 0.1) is 0 Å². The molecule has 3 nitrogen and oxygen atoms in total. The van der Waals surface area contributed by atoms with Gasteiger partial charge < -0.3 is 10.4 Å². The van der Waals surface area contributed by atoms with Crippen LogP contribution >= 0.6 is 48.0 Å². The summed E-state index contributed by atoms with van der Waals surface area (Å²) in [5.41, 5.74) is -0.342. The normalized spacial score (nSPS) is 17.3. The van der Waals surface area contributed by atoms with Crippen molar-refractivity contribution < 1.29 is 18.3 Å². The lowest BCUT2D eigenvalue weighted by molar-refractivity contribution is -0.188. The quantitative estimate of drug-likeness (QED) is 0.784. The topological polar surface area (TPSA) is 35.5 Å². The smallest absolute Gasteiger partial charge is 0.408 e. The first-order valence-electron chi connectivity index (χ1n) is 6.00. The largest absolute Gasteiger partial charge is 0.507 e. The molecule has 2 N–H and O–H groups in total. The van der Waals surface area contributed by atoms with Gasteiger partial charge in [-0.25, -0.2) is 0 Å². The lowest BCUT2D eigenvalue weighted by atomic mass is 10.0. The second kappa shape index (κ2) is 8.66. The van der Waals surface area contributed by atoms with Gasteiger partial charge in [-0.05, 0) is 12.1 Å². The van der Waals surface area contributed by atoms with Gasteiger partial charge >= 0.3 is 6.18 Å². The number of nitrogens with one attached hydrogen (secondary N) is 1. The van der Waals surface area contributed by atoms with Crippen molar-refractivity contribution in [3.8, 4) is 5.75 Å².